The van der Waals surface area contributed by atoms with E-state index in [-0.39, 0.29) is 23.8 Å². The Morgan fingerprint density at radius 1 is 1.17 bits per heavy atom. The van der Waals surface area contributed by atoms with E-state index in [2.05, 4.69) is 43.9 Å². The summed E-state index contributed by atoms with van der Waals surface area (Å²) in [5, 5.41) is 5.44. The Morgan fingerprint density at radius 2 is 1.90 bits per heavy atom. The highest BCUT2D eigenvalue weighted by Gasteiger charge is 2.47. The third-order valence-corrected chi connectivity index (χ3v) is 5.95. The maximum atomic E-state index is 13.3. The number of Topliss-reactive ketones (excluding diaryl/α,β-unsaturated/α-hetero) is 1. The fourth-order valence-electron chi connectivity index (χ4n) is 4.81. The third kappa shape index (κ3) is 3.37. The van der Waals surface area contributed by atoms with Crippen LogP contribution in [0.5, 0.6) is 0 Å². The number of hydrogen-bond donors (Lipinski definition) is 1. The van der Waals surface area contributed by atoms with Crippen molar-refractivity contribution < 1.29 is 14.3 Å². The molecule has 1 aliphatic carbocycles. The quantitative estimate of drug-likeness (QED) is 0.762. The lowest BCUT2D eigenvalue weighted by Crippen LogP contribution is -2.43. The van der Waals surface area contributed by atoms with Crippen LogP contribution in [-0.2, 0) is 14.3 Å². The molecule has 2 atom stereocenters. The Labute approximate surface area is 171 Å². The number of esters is 1. The standard InChI is InChI=1S/C25H27NO3/c1-5-29-24(28)21-15(2)26-19-13-25(3,4)14-20(27)23(19)22(21)18-12-8-10-16-9-6-7-11-17(16)18/h6-12,21-22,26H,2,5,13-14H2,1,3-4H3. The summed E-state index contributed by atoms with van der Waals surface area (Å²) >= 11 is 0. The number of ketones is 1. The molecule has 29 heavy (non-hydrogen) atoms. The van der Waals surface area contributed by atoms with Crippen molar-refractivity contribution in [1.29, 1.82) is 0 Å². The monoisotopic (exact) mass is 389 g/mol. The molecule has 4 heteroatoms. The lowest BCUT2D eigenvalue weighted by Gasteiger charge is -2.42. The predicted octanol–water partition coefficient (Wildman–Crippen LogP) is 4.86. The van der Waals surface area contributed by atoms with E-state index in [9.17, 15) is 9.59 Å². The Kier molecular flexibility index (Phi) is 4.81. The van der Waals surface area contributed by atoms with Crippen molar-refractivity contribution in [2.24, 2.45) is 11.3 Å². The van der Waals surface area contributed by atoms with Crippen LogP contribution in [0, 0.1) is 11.3 Å². The first-order chi connectivity index (χ1) is 13.8. The van der Waals surface area contributed by atoms with Crippen molar-refractivity contribution in [2.45, 2.75) is 39.5 Å². The van der Waals surface area contributed by atoms with E-state index in [0.717, 1.165) is 28.5 Å². The number of hydrogen-bond acceptors (Lipinski definition) is 4. The maximum absolute atomic E-state index is 13.3. The first-order valence-electron chi connectivity index (χ1n) is 10.2. The van der Waals surface area contributed by atoms with E-state index in [1.165, 1.54) is 0 Å². The van der Waals surface area contributed by atoms with Gasteiger partial charge in [-0.15, -0.1) is 0 Å². The number of benzene rings is 2. The fraction of sp³-hybridized carbons (Fsp3) is 0.360. The maximum Gasteiger partial charge on any atom is 0.315 e. The largest absolute Gasteiger partial charge is 0.465 e. The molecular formula is C25H27NO3. The van der Waals surface area contributed by atoms with E-state index in [1.54, 1.807) is 6.92 Å². The second-order valence-corrected chi connectivity index (χ2v) is 8.76. The average Bonchev–Trinajstić information content (AvgIpc) is 2.65. The number of ether oxygens (including phenoxy) is 1. The highest BCUT2D eigenvalue weighted by atomic mass is 16.5. The average molecular weight is 389 g/mol. The van der Waals surface area contributed by atoms with E-state index in [1.807, 2.05) is 24.3 Å². The normalized spacial score (nSPS) is 23.6. The highest BCUT2D eigenvalue weighted by molar-refractivity contribution is 6.02. The lowest BCUT2D eigenvalue weighted by atomic mass is 9.66. The number of nitrogens with one attached hydrogen (secondary N) is 1. The Morgan fingerprint density at radius 3 is 2.66 bits per heavy atom. The Bertz CT molecular complexity index is 1040. The molecule has 0 amide bonds. The van der Waals surface area contributed by atoms with Crippen molar-refractivity contribution in [3.63, 3.8) is 0 Å². The van der Waals surface area contributed by atoms with E-state index in [4.69, 9.17) is 4.74 Å². The summed E-state index contributed by atoms with van der Waals surface area (Å²) in [6.07, 6.45) is 1.22. The zero-order valence-corrected chi connectivity index (χ0v) is 17.2. The van der Waals surface area contributed by atoms with Crippen molar-refractivity contribution in [2.75, 3.05) is 6.61 Å². The van der Waals surface area contributed by atoms with Crippen LogP contribution in [0.4, 0.5) is 0 Å². The minimum absolute atomic E-state index is 0.100. The minimum Gasteiger partial charge on any atom is -0.465 e. The van der Waals surface area contributed by atoms with Gasteiger partial charge in [-0.05, 0) is 35.1 Å². The molecule has 0 fully saturated rings. The number of carbonyl (C=O) groups excluding carboxylic acids is 2. The summed E-state index contributed by atoms with van der Waals surface area (Å²) in [6.45, 7) is 10.4. The van der Waals surface area contributed by atoms with Gasteiger partial charge in [0.2, 0.25) is 0 Å². The first-order valence-corrected chi connectivity index (χ1v) is 10.2. The molecule has 0 saturated carbocycles. The molecule has 0 aromatic heterocycles. The molecule has 150 valence electrons. The summed E-state index contributed by atoms with van der Waals surface area (Å²) < 4.78 is 5.40. The topological polar surface area (TPSA) is 55.4 Å². The number of fused-ring (bicyclic) bond motifs is 1. The predicted molar refractivity (Wildman–Crippen MR) is 114 cm³/mol. The molecule has 0 spiro atoms. The summed E-state index contributed by atoms with van der Waals surface area (Å²) in [4.78, 5) is 26.3. The van der Waals surface area contributed by atoms with Crippen LogP contribution in [0.15, 0.2) is 66.0 Å². The summed E-state index contributed by atoms with van der Waals surface area (Å²) in [5.74, 6) is -1.27. The zero-order valence-electron chi connectivity index (χ0n) is 17.2. The molecule has 2 aliphatic rings. The van der Waals surface area contributed by atoms with Gasteiger partial charge in [-0.3, -0.25) is 9.59 Å². The highest BCUT2D eigenvalue weighted by Crippen LogP contribution is 2.49. The molecule has 1 N–H and O–H groups in total. The van der Waals surface area contributed by atoms with Crippen molar-refractivity contribution in [3.8, 4) is 0 Å². The summed E-state index contributed by atoms with van der Waals surface area (Å²) in [6, 6.07) is 14.1. The van der Waals surface area contributed by atoms with Crippen LogP contribution in [0.3, 0.4) is 0 Å². The van der Waals surface area contributed by atoms with Gasteiger partial charge in [-0.1, -0.05) is 62.9 Å². The second-order valence-electron chi connectivity index (χ2n) is 8.76. The van der Waals surface area contributed by atoms with Gasteiger partial charge in [-0.25, -0.2) is 0 Å². The molecule has 4 rings (SSSR count). The number of carbonyl (C=O) groups is 2. The van der Waals surface area contributed by atoms with Gasteiger partial charge in [0.05, 0.1) is 6.61 Å². The van der Waals surface area contributed by atoms with Gasteiger partial charge in [0.15, 0.2) is 5.78 Å². The van der Waals surface area contributed by atoms with E-state index >= 15 is 0 Å². The van der Waals surface area contributed by atoms with Crippen LogP contribution in [0.2, 0.25) is 0 Å². The summed E-state index contributed by atoms with van der Waals surface area (Å²) in [5.41, 5.74) is 3.07. The van der Waals surface area contributed by atoms with Crippen LogP contribution in [-0.4, -0.2) is 18.4 Å². The molecule has 2 aromatic carbocycles. The number of allylic oxidation sites excluding steroid dienone is 2. The van der Waals surface area contributed by atoms with Crippen LogP contribution in [0.25, 0.3) is 10.8 Å². The van der Waals surface area contributed by atoms with Crippen molar-refractivity contribution in [3.05, 3.63) is 71.6 Å². The molecular weight excluding hydrogens is 362 g/mol. The smallest absolute Gasteiger partial charge is 0.315 e. The summed E-state index contributed by atoms with van der Waals surface area (Å²) in [7, 11) is 0. The molecule has 4 nitrogen and oxygen atoms in total. The van der Waals surface area contributed by atoms with Gasteiger partial charge in [0.25, 0.3) is 0 Å². The van der Waals surface area contributed by atoms with Crippen LogP contribution >= 0.6 is 0 Å². The molecule has 1 heterocycles. The first kappa shape index (κ1) is 19.4. The van der Waals surface area contributed by atoms with Gasteiger partial charge in [0, 0.05) is 29.3 Å². The Balaban J connectivity index is 1.96. The molecule has 2 unspecified atom stereocenters. The van der Waals surface area contributed by atoms with Crippen molar-refractivity contribution in [1.82, 2.24) is 5.32 Å². The van der Waals surface area contributed by atoms with E-state index < -0.39 is 11.8 Å². The minimum atomic E-state index is -0.635. The van der Waals surface area contributed by atoms with Gasteiger partial charge >= 0.3 is 5.97 Å². The van der Waals surface area contributed by atoms with Gasteiger partial charge in [-0.2, -0.15) is 0 Å². The molecule has 2 aromatic rings. The van der Waals surface area contributed by atoms with E-state index in [0.29, 0.717) is 17.7 Å². The Hall–Kier alpha value is -2.88. The molecule has 0 bridgehead atoms. The van der Waals surface area contributed by atoms with Crippen LogP contribution < -0.4 is 5.32 Å². The molecule has 0 saturated heterocycles. The third-order valence-electron chi connectivity index (χ3n) is 5.95. The van der Waals surface area contributed by atoms with Gasteiger partial charge < -0.3 is 10.1 Å². The molecule has 1 aliphatic heterocycles. The van der Waals surface area contributed by atoms with Crippen molar-refractivity contribution >= 4 is 22.5 Å². The SMILES string of the molecule is C=C1NC2=C(C(=O)CC(C)(C)C2)C(c2cccc3ccccc23)C1C(=O)OCC. The fourth-order valence-corrected chi connectivity index (χ4v) is 4.81. The number of rotatable bonds is 3. The van der Waals surface area contributed by atoms with Gasteiger partial charge in [0.1, 0.15) is 5.92 Å². The van der Waals surface area contributed by atoms with Crippen LogP contribution in [0.1, 0.15) is 45.1 Å². The lowest BCUT2D eigenvalue weighted by molar-refractivity contribution is -0.147. The molecule has 0 radical (unpaired) electrons. The zero-order chi connectivity index (χ0) is 20.8. The second kappa shape index (κ2) is 7.18.